The molecule has 1 atom stereocenters. The van der Waals surface area contributed by atoms with Gasteiger partial charge in [0.15, 0.2) is 0 Å². The second-order valence-corrected chi connectivity index (χ2v) is 8.98. The molecule has 1 aromatic heterocycles. The van der Waals surface area contributed by atoms with Crippen LogP contribution in [0.1, 0.15) is 40.5 Å². The molecule has 2 heterocycles. The van der Waals surface area contributed by atoms with Gasteiger partial charge >= 0.3 is 0 Å². The molecular weight excluding hydrogens is 366 g/mol. The number of fused-ring (bicyclic) bond motifs is 1. The van der Waals surface area contributed by atoms with E-state index in [1.54, 1.807) is 11.3 Å². The Labute approximate surface area is 170 Å². The smallest absolute Gasteiger partial charge is 0.238 e. The molecule has 0 spiro atoms. The van der Waals surface area contributed by atoms with Gasteiger partial charge in [-0.1, -0.05) is 29.8 Å². The van der Waals surface area contributed by atoms with Crippen molar-refractivity contribution in [3.63, 3.8) is 0 Å². The summed E-state index contributed by atoms with van der Waals surface area (Å²) >= 11 is 1.79. The number of amides is 1. The molecule has 1 aliphatic heterocycles. The number of nitrogens with zero attached hydrogens (tertiary/aromatic N) is 2. The summed E-state index contributed by atoms with van der Waals surface area (Å²) in [4.78, 5) is 19.8. The summed E-state index contributed by atoms with van der Waals surface area (Å²) in [6.07, 6.45) is 2.25. The molecule has 3 aromatic rings. The summed E-state index contributed by atoms with van der Waals surface area (Å²) < 4.78 is 1.25. The summed E-state index contributed by atoms with van der Waals surface area (Å²) in [7, 11) is 0. The number of anilines is 1. The molecule has 1 saturated heterocycles. The minimum absolute atomic E-state index is 0.0694. The van der Waals surface area contributed by atoms with E-state index in [9.17, 15) is 4.79 Å². The summed E-state index contributed by atoms with van der Waals surface area (Å²) in [5, 5.41) is 4.34. The van der Waals surface area contributed by atoms with Gasteiger partial charge in [-0.3, -0.25) is 9.69 Å². The molecule has 1 N–H and O–H groups in total. The molecule has 0 radical (unpaired) electrons. The quantitative estimate of drug-likeness (QED) is 0.675. The maximum absolute atomic E-state index is 12.7. The number of likely N-dealkylation sites (tertiary alicyclic amines) is 1. The van der Waals surface area contributed by atoms with E-state index in [0.29, 0.717) is 12.5 Å². The maximum atomic E-state index is 12.7. The molecule has 2 aromatic carbocycles. The topological polar surface area (TPSA) is 45.2 Å². The van der Waals surface area contributed by atoms with Gasteiger partial charge in [0.05, 0.1) is 21.8 Å². The Kier molecular flexibility index (Phi) is 5.47. The lowest BCUT2D eigenvalue weighted by molar-refractivity contribution is -0.117. The van der Waals surface area contributed by atoms with Crippen LogP contribution >= 0.6 is 11.3 Å². The van der Waals surface area contributed by atoms with E-state index >= 15 is 0 Å². The summed E-state index contributed by atoms with van der Waals surface area (Å²) in [5.74, 6) is 0.488. The standard InChI is InChI=1S/C23H27N3OS/c1-15-11-16(2)22(17(3)12-15)25-21(27)14-26-10-6-7-18(13-26)23-24-19-8-4-5-9-20(19)28-23/h4-5,8-9,11-12,18H,6-7,10,13-14H2,1-3H3,(H,25,27)/t18-/m1/s1. The Morgan fingerprint density at radius 2 is 1.96 bits per heavy atom. The SMILES string of the molecule is Cc1cc(C)c(NC(=O)CN2CCC[C@@H](c3nc4ccccc4s3)C2)c(C)c1. The van der Waals surface area contributed by atoms with Crippen LogP contribution in [0.4, 0.5) is 5.69 Å². The first-order valence-corrected chi connectivity index (χ1v) is 10.8. The zero-order chi connectivity index (χ0) is 19.7. The lowest BCUT2D eigenvalue weighted by Gasteiger charge is -2.31. The highest BCUT2D eigenvalue weighted by atomic mass is 32.1. The number of aryl methyl sites for hydroxylation is 3. The van der Waals surface area contributed by atoms with Crippen molar-refractivity contribution >= 4 is 33.1 Å². The fourth-order valence-corrected chi connectivity index (χ4v) is 5.32. The van der Waals surface area contributed by atoms with Crippen molar-refractivity contribution < 1.29 is 4.79 Å². The van der Waals surface area contributed by atoms with Crippen molar-refractivity contribution in [3.8, 4) is 0 Å². The minimum Gasteiger partial charge on any atom is -0.324 e. The number of thiazole rings is 1. The molecule has 146 valence electrons. The highest BCUT2D eigenvalue weighted by molar-refractivity contribution is 7.18. The van der Waals surface area contributed by atoms with E-state index in [1.807, 2.05) is 6.07 Å². The predicted molar refractivity (Wildman–Crippen MR) is 117 cm³/mol. The third-order valence-electron chi connectivity index (χ3n) is 5.47. The molecule has 4 rings (SSSR count). The van der Waals surface area contributed by atoms with Crippen LogP contribution in [0.3, 0.4) is 0 Å². The number of piperidine rings is 1. The average Bonchev–Trinajstić information content (AvgIpc) is 3.09. The van der Waals surface area contributed by atoms with Crippen LogP contribution in [0.25, 0.3) is 10.2 Å². The zero-order valence-electron chi connectivity index (χ0n) is 16.8. The number of para-hydroxylation sites is 1. The van der Waals surface area contributed by atoms with Crippen LogP contribution in [0.15, 0.2) is 36.4 Å². The van der Waals surface area contributed by atoms with Gasteiger partial charge in [-0.2, -0.15) is 0 Å². The molecular formula is C23H27N3OS. The molecule has 1 aliphatic rings. The van der Waals surface area contributed by atoms with Crippen LogP contribution in [0.5, 0.6) is 0 Å². The fourth-order valence-electron chi connectivity index (χ4n) is 4.22. The zero-order valence-corrected chi connectivity index (χ0v) is 17.6. The van der Waals surface area contributed by atoms with Gasteiger partial charge in [-0.05, 0) is 63.4 Å². The maximum Gasteiger partial charge on any atom is 0.238 e. The van der Waals surface area contributed by atoms with E-state index in [0.717, 1.165) is 48.3 Å². The summed E-state index contributed by atoms with van der Waals surface area (Å²) in [6.45, 7) is 8.51. The molecule has 1 fully saturated rings. The number of rotatable bonds is 4. The van der Waals surface area contributed by atoms with E-state index in [1.165, 1.54) is 15.3 Å². The van der Waals surface area contributed by atoms with Gasteiger partial charge in [-0.15, -0.1) is 11.3 Å². The first-order chi connectivity index (χ1) is 13.5. The van der Waals surface area contributed by atoms with Crippen LogP contribution in [-0.2, 0) is 4.79 Å². The molecule has 0 aliphatic carbocycles. The van der Waals surface area contributed by atoms with Gasteiger partial charge in [0.25, 0.3) is 0 Å². The van der Waals surface area contributed by atoms with Crippen molar-refractivity contribution in [2.45, 2.75) is 39.5 Å². The molecule has 28 heavy (non-hydrogen) atoms. The van der Waals surface area contributed by atoms with E-state index in [2.05, 4.69) is 61.3 Å². The minimum atomic E-state index is 0.0694. The van der Waals surface area contributed by atoms with Crippen LogP contribution in [0, 0.1) is 20.8 Å². The second kappa shape index (κ2) is 8.02. The fraction of sp³-hybridized carbons (Fsp3) is 0.391. The van der Waals surface area contributed by atoms with Crippen molar-refractivity contribution in [3.05, 3.63) is 58.1 Å². The van der Waals surface area contributed by atoms with E-state index in [4.69, 9.17) is 4.98 Å². The molecule has 4 nitrogen and oxygen atoms in total. The number of nitrogens with one attached hydrogen (secondary N) is 1. The number of carbonyl (C=O) groups is 1. The largest absolute Gasteiger partial charge is 0.324 e. The van der Waals surface area contributed by atoms with E-state index < -0.39 is 0 Å². The van der Waals surface area contributed by atoms with Crippen molar-refractivity contribution in [2.24, 2.45) is 0 Å². The van der Waals surface area contributed by atoms with Gasteiger partial charge < -0.3 is 5.32 Å². The Balaban J connectivity index is 1.41. The Bertz CT molecular complexity index is 954. The van der Waals surface area contributed by atoms with Crippen LogP contribution in [-0.4, -0.2) is 35.4 Å². The third kappa shape index (κ3) is 4.10. The Hall–Kier alpha value is -2.24. The predicted octanol–water partition coefficient (Wildman–Crippen LogP) is 5.04. The first kappa shape index (κ1) is 19.1. The monoisotopic (exact) mass is 393 g/mol. The van der Waals surface area contributed by atoms with Crippen molar-refractivity contribution in [2.75, 3.05) is 25.0 Å². The van der Waals surface area contributed by atoms with Crippen LogP contribution < -0.4 is 5.32 Å². The molecule has 1 amide bonds. The highest BCUT2D eigenvalue weighted by Crippen LogP contribution is 2.33. The van der Waals surface area contributed by atoms with Crippen molar-refractivity contribution in [1.29, 1.82) is 0 Å². The number of carbonyl (C=O) groups excluding carboxylic acids is 1. The normalized spacial score (nSPS) is 17.8. The van der Waals surface area contributed by atoms with Crippen LogP contribution in [0.2, 0.25) is 0 Å². The molecule has 0 bridgehead atoms. The lowest BCUT2D eigenvalue weighted by Crippen LogP contribution is -2.39. The van der Waals surface area contributed by atoms with Gasteiger partial charge in [0.2, 0.25) is 5.91 Å². The summed E-state index contributed by atoms with van der Waals surface area (Å²) in [6, 6.07) is 12.6. The lowest BCUT2D eigenvalue weighted by atomic mass is 9.98. The highest BCUT2D eigenvalue weighted by Gasteiger charge is 2.25. The van der Waals surface area contributed by atoms with Gasteiger partial charge in [0.1, 0.15) is 0 Å². The molecule has 5 heteroatoms. The number of hydrogen-bond donors (Lipinski definition) is 1. The number of hydrogen-bond acceptors (Lipinski definition) is 4. The van der Waals surface area contributed by atoms with Crippen molar-refractivity contribution in [1.82, 2.24) is 9.88 Å². The average molecular weight is 394 g/mol. The first-order valence-electron chi connectivity index (χ1n) is 9.95. The van der Waals surface area contributed by atoms with E-state index in [-0.39, 0.29) is 5.91 Å². The Morgan fingerprint density at radius 3 is 2.71 bits per heavy atom. The summed E-state index contributed by atoms with van der Waals surface area (Å²) in [5.41, 5.74) is 5.51. The number of aromatic nitrogens is 1. The number of benzene rings is 2. The Morgan fingerprint density at radius 1 is 1.21 bits per heavy atom. The molecule has 0 unspecified atom stereocenters. The molecule has 0 saturated carbocycles. The van der Waals surface area contributed by atoms with Gasteiger partial charge in [0, 0.05) is 18.2 Å². The van der Waals surface area contributed by atoms with Gasteiger partial charge in [-0.25, -0.2) is 4.98 Å². The second-order valence-electron chi connectivity index (χ2n) is 7.92. The third-order valence-corrected chi connectivity index (χ3v) is 6.67.